The fourth-order valence-electron chi connectivity index (χ4n) is 3.35. The van der Waals surface area contributed by atoms with E-state index in [0.717, 1.165) is 0 Å². The van der Waals surface area contributed by atoms with Crippen LogP contribution in [0.15, 0.2) is 47.8 Å². The molecule has 0 unspecified atom stereocenters. The van der Waals surface area contributed by atoms with Crippen LogP contribution in [0.2, 0.25) is 0 Å². The average Bonchev–Trinajstić information content (AvgIpc) is 3.01. The highest BCUT2D eigenvalue weighted by molar-refractivity contribution is 6.00. The molecule has 1 fully saturated rings. The molecule has 2 bridgehead atoms. The molecular formula is C19H20O7. The molecule has 0 aliphatic carbocycles. The van der Waals surface area contributed by atoms with Crippen LogP contribution in [0.3, 0.4) is 0 Å². The topological polar surface area (TPSA) is 99.1 Å². The number of carbonyl (C=O) groups excluding carboxylic acids is 3. The Kier molecular flexibility index (Phi) is 4.36. The van der Waals surface area contributed by atoms with E-state index < -0.39 is 42.3 Å². The van der Waals surface area contributed by atoms with Gasteiger partial charge in [0.05, 0.1) is 12.5 Å². The number of fused-ring (bicyclic) bond motifs is 3. The highest BCUT2D eigenvalue weighted by Gasteiger charge is 2.52. The standard InChI is InChI=1S/C19H20O7/c1-9(2)17(22)25-14-7-19(4)15(21)6-12(26-19)11(8-20)5-13-16(14)10(3)18(23)24-13/h5-6,13-14,16,20H,1,3,7-8H2,2,4H3/b11-5-/t13-,14-,16+,19+/m1/s1. The van der Waals surface area contributed by atoms with Crippen LogP contribution in [0.1, 0.15) is 20.3 Å². The van der Waals surface area contributed by atoms with Crippen LogP contribution in [0.4, 0.5) is 0 Å². The lowest BCUT2D eigenvalue weighted by Crippen LogP contribution is -2.42. The van der Waals surface area contributed by atoms with Crippen molar-refractivity contribution in [2.75, 3.05) is 6.61 Å². The maximum Gasteiger partial charge on any atom is 0.334 e. The molecule has 7 nitrogen and oxygen atoms in total. The van der Waals surface area contributed by atoms with Gasteiger partial charge in [0, 0.05) is 29.2 Å². The molecule has 0 aromatic heterocycles. The zero-order chi connectivity index (χ0) is 19.2. The second-order valence-corrected chi connectivity index (χ2v) is 6.90. The minimum atomic E-state index is -1.29. The van der Waals surface area contributed by atoms with E-state index in [-0.39, 0.29) is 29.1 Å². The summed E-state index contributed by atoms with van der Waals surface area (Å²) in [4.78, 5) is 36.6. The summed E-state index contributed by atoms with van der Waals surface area (Å²) in [7, 11) is 0. The average molecular weight is 360 g/mol. The van der Waals surface area contributed by atoms with Gasteiger partial charge in [-0.3, -0.25) is 4.79 Å². The first-order chi connectivity index (χ1) is 12.2. The van der Waals surface area contributed by atoms with Crippen LogP contribution in [0.5, 0.6) is 0 Å². The lowest BCUT2D eigenvalue weighted by molar-refractivity contribution is -0.153. The third-order valence-corrected chi connectivity index (χ3v) is 4.83. The Morgan fingerprint density at radius 2 is 2.15 bits per heavy atom. The molecule has 26 heavy (non-hydrogen) atoms. The van der Waals surface area contributed by atoms with Crippen molar-refractivity contribution < 1.29 is 33.7 Å². The van der Waals surface area contributed by atoms with Crippen molar-refractivity contribution in [1.82, 2.24) is 0 Å². The Bertz CT molecular complexity index is 788. The third-order valence-electron chi connectivity index (χ3n) is 4.83. The number of ether oxygens (including phenoxy) is 3. The molecule has 1 N–H and O–H groups in total. The molecule has 0 saturated carbocycles. The smallest absolute Gasteiger partial charge is 0.334 e. The van der Waals surface area contributed by atoms with Crippen molar-refractivity contribution in [3.8, 4) is 0 Å². The molecule has 3 heterocycles. The van der Waals surface area contributed by atoms with Crippen molar-refractivity contribution in [2.24, 2.45) is 5.92 Å². The molecule has 7 heteroatoms. The molecule has 0 aromatic rings. The fraction of sp³-hybridized carbons (Fsp3) is 0.421. The van der Waals surface area contributed by atoms with Crippen LogP contribution < -0.4 is 0 Å². The molecule has 3 aliphatic heterocycles. The van der Waals surface area contributed by atoms with Crippen LogP contribution in [-0.2, 0) is 28.6 Å². The second kappa shape index (κ2) is 6.25. The first-order valence-corrected chi connectivity index (χ1v) is 8.19. The summed E-state index contributed by atoms with van der Waals surface area (Å²) >= 11 is 0. The van der Waals surface area contributed by atoms with Crippen molar-refractivity contribution >= 4 is 17.7 Å². The van der Waals surface area contributed by atoms with E-state index in [1.54, 1.807) is 6.92 Å². The van der Waals surface area contributed by atoms with E-state index in [9.17, 15) is 19.5 Å². The highest BCUT2D eigenvalue weighted by atomic mass is 16.6. The molecule has 0 radical (unpaired) electrons. The SMILES string of the molecule is C=C(C)C(=O)O[C@@H]1C[C@]2(C)OC(=CC2=O)/C(CO)=C\[C@H]2OC(=O)C(=C)[C@@H]21. The van der Waals surface area contributed by atoms with Gasteiger partial charge in [-0.2, -0.15) is 0 Å². The molecule has 4 atom stereocenters. The number of hydrogen-bond donors (Lipinski definition) is 1. The Morgan fingerprint density at radius 3 is 2.77 bits per heavy atom. The quantitative estimate of drug-likeness (QED) is 0.595. The van der Waals surface area contributed by atoms with E-state index in [1.807, 2.05) is 0 Å². The minimum Gasteiger partial charge on any atom is -0.479 e. The van der Waals surface area contributed by atoms with E-state index in [4.69, 9.17) is 14.2 Å². The summed E-state index contributed by atoms with van der Waals surface area (Å²) in [5.41, 5.74) is -0.631. The van der Waals surface area contributed by atoms with Gasteiger partial charge in [0.1, 0.15) is 18.0 Å². The fourth-order valence-corrected chi connectivity index (χ4v) is 3.35. The number of esters is 2. The highest BCUT2D eigenvalue weighted by Crippen LogP contribution is 2.42. The third kappa shape index (κ3) is 2.88. The summed E-state index contributed by atoms with van der Waals surface area (Å²) in [5, 5.41) is 9.67. The van der Waals surface area contributed by atoms with E-state index in [2.05, 4.69) is 13.2 Å². The molecule has 1 saturated heterocycles. The first kappa shape index (κ1) is 18.1. The van der Waals surface area contributed by atoms with Gasteiger partial charge in [0.25, 0.3) is 0 Å². The summed E-state index contributed by atoms with van der Waals surface area (Å²) in [6.07, 6.45) is 1.14. The lowest BCUT2D eigenvalue weighted by Gasteiger charge is -2.31. The van der Waals surface area contributed by atoms with E-state index in [0.29, 0.717) is 5.57 Å². The van der Waals surface area contributed by atoms with Crippen molar-refractivity contribution in [3.05, 3.63) is 47.8 Å². The van der Waals surface area contributed by atoms with Crippen molar-refractivity contribution in [3.63, 3.8) is 0 Å². The van der Waals surface area contributed by atoms with Crippen LogP contribution in [0.25, 0.3) is 0 Å². The molecule has 0 amide bonds. The predicted molar refractivity (Wildman–Crippen MR) is 89.6 cm³/mol. The summed E-state index contributed by atoms with van der Waals surface area (Å²) in [6, 6.07) is 0. The van der Waals surface area contributed by atoms with Gasteiger partial charge >= 0.3 is 11.9 Å². The van der Waals surface area contributed by atoms with Gasteiger partial charge in [-0.1, -0.05) is 13.2 Å². The Hall–Kier alpha value is -2.67. The zero-order valence-electron chi connectivity index (χ0n) is 14.6. The van der Waals surface area contributed by atoms with Gasteiger partial charge in [0.2, 0.25) is 5.78 Å². The van der Waals surface area contributed by atoms with Crippen LogP contribution in [0, 0.1) is 5.92 Å². The summed E-state index contributed by atoms with van der Waals surface area (Å²) < 4.78 is 16.6. The maximum atomic E-state index is 12.5. The minimum absolute atomic E-state index is 0.00816. The number of ketones is 1. The van der Waals surface area contributed by atoms with Gasteiger partial charge in [-0.25, -0.2) is 9.59 Å². The molecule has 3 rings (SSSR count). The Morgan fingerprint density at radius 1 is 1.46 bits per heavy atom. The second-order valence-electron chi connectivity index (χ2n) is 6.90. The largest absolute Gasteiger partial charge is 0.479 e. The van der Waals surface area contributed by atoms with Crippen molar-refractivity contribution in [2.45, 2.75) is 38.1 Å². The summed E-state index contributed by atoms with van der Waals surface area (Å²) in [5.74, 6) is -2.03. The van der Waals surface area contributed by atoms with Crippen LogP contribution in [-0.4, -0.2) is 47.2 Å². The Labute approximate surface area is 150 Å². The van der Waals surface area contributed by atoms with Gasteiger partial charge in [-0.05, 0) is 19.9 Å². The van der Waals surface area contributed by atoms with Gasteiger partial charge in [-0.15, -0.1) is 0 Å². The molecule has 3 aliphatic rings. The number of aliphatic hydroxyl groups is 1. The number of rotatable bonds is 3. The zero-order valence-corrected chi connectivity index (χ0v) is 14.6. The predicted octanol–water partition coefficient (Wildman–Crippen LogP) is 1.14. The van der Waals surface area contributed by atoms with Crippen LogP contribution >= 0.6 is 0 Å². The van der Waals surface area contributed by atoms with E-state index >= 15 is 0 Å². The number of aliphatic hydroxyl groups excluding tert-OH is 1. The monoisotopic (exact) mass is 360 g/mol. The Balaban J connectivity index is 2.09. The van der Waals surface area contributed by atoms with Gasteiger partial charge < -0.3 is 19.3 Å². The van der Waals surface area contributed by atoms with E-state index in [1.165, 1.54) is 19.1 Å². The normalized spacial score (nSPS) is 35.0. The summed E-state index contributed by atoms with van der Waals surface area (Å²) in [6.45, 7) is 9.99. The number of carbonyl (C=O) groups is 3. The molecule has 138 valence electrons. The molecular weight excluding hydrogens is 340 g/mol. The van der Waals surface area contributed by atoms with Gasteiger partial charge in [0.15, 0.2) is 5.60 Å². The first-order valence-electron chi connectivity index (χ1n) is 8.19. The molecule has 0 aromatic carbocycles. The number of hydrogen-bond acceptors (Lipinski definition) is 7. The maximum absolute atomic E-state index is 12.5. The van der Waals surface area contributed by atoms with Crippen molar-refractivity contribution in [1.29, 1.82) is 0 Å². The molecule has 0 spiro atoms. The lowest BCUT2D eigenvalue weighted by atomic mass is 9.82.